The molecule has 0 radical (unpaired) electrons. The summed E-state index contributed by atoms with van der Waals surface area (Å²) in [5.74, 6) is -1.48. The fourth-order valence-corrected chi connectivity index (χ4v) is 3.07. The van der Waals surface area contributed by atoms with Crippen LogP contribution in [-0.2, 0) is 3.74 Å². The molecular formula is C6HAsBr2F2O. The second-order valence-electron chi connectivity index (χ2n) is 1.91. The molecule has 1 nitrogen and oxygen atoms in total. The average molecular weight is 362 g/mol. The Labute approximate surface area is 90.7 Å². The SMILES string of the molecule is O=[As]c1c(Br)c(F)cc(F)c1Br. The second kappa shape index (κ2) is 4.07. The Morgan fingerprint density at radius 1 is 1.17 bits per heavy atom. The van der Waals surface area contributed by atoms with Crippen molar-refractivity contribution in [2.45, 2.75) is 0 Å². The Balaban J connectivity index is 3.52. The van der Waals surface area contributed by atoms with Gasteiger partial charge >= 0.3 is 91.1 Å². The quantitative estimate of drug-likeness (QED) is 0.553. The fraction of sp³-hybridized carbons (Fsp3) is 0. The van der Waals surface area contributed by atoms with E-state index in [0.717, 1.165) is 6.07 Å². The summed E-state index contributed by atoms with van der Waals surface area (Å²) in [6.07, 6.45) is 0. The summed E-state index contributed by atoms with van der Waals surface area (Å²) < 4.78 is 36.4. The molecular weight excluding hydrogens is 361 g/mol. The van der Waals surface area contributed by atoms with E-state index >= 15 is 0 Å². The van der Waals surface area contributed by atoms with Crippen LogP contribution in [-0.4, -0.2) is 15.7 Å². The van der Waals surface area contributed by atoms with E-state index in [-0.39, 0.29) is 13.3 Å². The van der Waals surface area contributed by atoms with Crippen LogP contribution in [0.25, 0.3) is 0 Å². The zero-order chi connectivity index (χ0) is 9.30. The van der Waals surface area contributed by atoms with E-state index in [1.165, 1.54) is 0 Å². The van der Waals surface area contributed by atoms with Crippen molar-refractivity contribution in [1.29, 1.82) is 0 Å². The van der Waals surface area contributed by atoms with E-state index < -0.39 is 27.3 Å². The molecule has 12 heavy (non-hydrogen) atoms. The number of halogens is 4. The molecule has 0 spiro atoms. The van der Waals surface area contributed by atoms with Gasteiger partial charge in [-0.1, -0.05) is 0 Å². The molecule has 0 N–H and O–H groups in total. The Morgan fingerprint density at radius 2 is 1.58 bits per heavy atom. The first kappa shape index (κ1) is 10.5. The summed E-state index contributed by atoms with van der Waals surface area (Å²) in [4.78, 5) is 0. The summed E-state index contributed by atoms with van der Waals surface area (Å²) in [7, 11) is 0. The standard InChI is InChI=1S/C6HAsBr2F2O/c8-5-2(10)1-3(11)6(9)4(5)7-12/h1H. The third-order valence-corrected chi connectivity index (χ3v) is 5.38. The molecule has 0 amide bonds. The molecule has 0 fully saturated rings. The summed E-state index contributed by atoms with van der Waals surface area (Å²) in [6, 6.07) is 0.731. The van der Waals surface area contributed by atoms with Crippen molar-refractivity contribution < 1.29 is 12.5 Å². The minimum atomic E-state index is -1.46. The van der Waals surface area contributed by atoms with Crippen LogP contribution in [0.3, 0.4) is 0 Å². The third kappa shape index (κ3) is 1.83. The number of hydrogen-bond donors (Lipinski definition) is 0. The van der Waals surface area contributed by atoms with E-state index in [4.69, 9.17) is 0 Å². The normalized spacial score (nSPS) is 10.7. The average Bonchev–Trinajstić information content (AvgIpc) is 2.02. The molecule has 6 heteroatoms. The molecule has 0 bridgehead atoms. The molecule has 0 aliphatic carbocycles. The van der Waals surface area contributed by atoms with Crippen molar-refractivity contribution in [1.82, 2.24) is 0 Å². The van der Waals surface area contributed by atoms with Gasteiger partial charge in [-0.2, -0.15) is 0 Å². The zero-order valence-corrected chi connectivity index (χ0v) is 10.5. The number of rotatable bonds is 1. The molecule has 1 aromatic carbocycles. The first-order chi connectivity index (χ1) is 5.57. The molecule has 0 aliphatic rings. The summed E-state index contributed by atoms with van der Waals surface area (Å²) in [5, 5.41) is 0. The second-order valence-corrected chi connectivity index (χ2v) is 4.82. The van der Waals surface area contributed by atoms with Crippen molar-refractivity contribution in [3.8, 4) is 0 Å². The first-order valence-electron chi connectivity index (χ1n) is 2.74. The van der Waals surface area contributed by atoms with Gasteiger partial charge in [0.25, 0.3) is 0 Å². The van der Waals surface area contributed by atoms with Crippen LogP contribution in [0.5, 0.6) is 0 Å². The predicted octanol–water partition coefficient (Wildman–Crippen LogP) is 2.16. The van der Waals surface area contributed by atoms with Crippen LogP contribution < -0.4 is 4.35 Å². The van der Waals surface area contributed by atoms with Crippen LogP contribution >= 0.6 is 31.9 Å². The van der Waals surface area contributed by atoms with Crippen molar-refractivity contribution in [2.24, 2.45) is 0 Å². The van der Waals surface area contributed by atoms with Crippen LogP contribution in [0, 0.1) is 11.6 Å². The van der Waals surface area contributed by atoms with E-state index in [1.54, 1.807) is 0 Å². The summed E-state index contributed by atoms with van der Waals surface area (Å²) in [5.41, 5.74) is 0. The maximum absolute atomic E-state index is 12.8. The molecule has 0 heterocycles. The molecule has 64 valence electrons. The van der Waals surface area contributed by atoms with Crippen molar-refractivity contribution in [2.75, 3.05) is 0 Å². The zero-order valence-electron chi connectivity index (χ0n) is 5.44. The maximum atomic E-state index is 12.8. The van der Waals surface area contributed by atoms with Crippen molar-refractivity contribution in [3.63, 3.8) is 0 Å². The van der Waals surface area contributed by atoms with Gasteiger partial charge in [0.2, 0.25) is 0 Å². The van der Waals surface area contributed by atoms with Gasteiger partial charge in [0, 0.05) is 0 Å². The third-order valence-electron chi connectivity index (χ3n) is 1.18. The van der Waals surface area contributed by atoms with E-state index in [2.05, 4.69) is 31.9 Å². The van der Waals surface area contributed by atoms with Crippen molar-refractivity contribution >= 4 is 51.9 Å². The fourth-order valence-electron chi connectivity index (χ4n) is 0.641. The van der Waals surface area contributed by atoms with Crippen LogP contribution in [0.4, 0.5) is 8.78 Å². The Bertz CT molecular complexity index is 317. The van der Waals surface area contributed by atoms with Gasteiger partial charge < -0.3 is 0 Å². The molecule has 0 saturated heterocycles. The van der Waals surface area contributed by atoms with E-state index in [1.807, 2.05) is 0 Å². The van der Waals surface area contributed by atoms with E-state index in [9.17, 15) is 12.5 Å². The van der Waals surface area contributed by atoms with Gasteiger partial charge in [-0.25, -0.2) is 0 Å². The molecule has 1 aromatic rings. The van der Waals surface area contributed by atoms with Crippen LogP contribution in [0.1, 0.15) is 0 Å². The first-order valence-corrected chi connectivity index (χ1v) is 6.03. The molecule has 1 rings (SSSR count). The van der Waals surface area contributed by atoms with Crippen molar-refractivity contribution in [3.05, 3.63) is 26.6 Å². The van der Waals surface area contributed by atoms with Crippen LogP contribution in [0.15, 0.2) is 15.0 Å². The van der Waals surface area contributed by atoms with Gasteiger partial charge in [-0.15, -0.1) is 0 Å². The topological polar surface area (TPSA) is 17.1 Å². The summed E-state index contributed by atoms with van der Waals surface area (Å²) in [6.45, 7) is 0. The van der Waals surface area contributed by atoms with Gasteiger partial charge in [-0.3, -0.25) is 0 Å². The van der Waals surface area contributed by atoms with Gasteiger partial charge in [0.05, 0.1) is 0 Å². The molecule has 0 aromatic heterocycles. The van der Waals surface area contributed by atoms with Gasteiger partial charge in [0.1, 0.15) is 0 Å². The molecule has 0 saturated carbocycles. The summed E-state index contributed by atoms with van der Waals surface area (Å²) >= 11 is 4.30. The monoisotopic (exact) mass is 360 g/mol. The Hall–Kier alpha value is 0.398. The molecule has 0 atom stereocenters. The Kier molecular flexibility index (Phi) is 3.56. The van der Waals surface area contributed by atoms with Gasteiger partial charge in [0.15, 0.2) is 0 Å². The molecule has 0 aliphatic heterocycles. The minimum absolute atomic E-state index is 0.0609. The van der Waals surface area contributed by atoms with Crippen LogP contribution in [0.2, 0.25) is 0 Å². The number of benzene rings is 1. The number of hydrogen-bond acceptors (Lipinski definition) is 1. The predicted molar refractivity (Wildman–Crippen MR) is 47.8 cm³/mol. The van der Waals surface area contributed by atoms with Gasteiger partial charge in [-0.05, 0) is 0 Å². The van der Waals surface area contributed by atoms with E-state index in [0.29, 0.717) is 0 Å². The Morgan fingerprint density at radius 3 is 1.92 bits per heavy atom. The molecule has 0 unspecified atom stereocenters.